The fourth-order valence-electron chi connectivity index (χ4n) is 1.89. The Morgan fingerprint density at radius 3 is 2.45 bits per heavy atom. The average Bonchev–Trinajstić information content (AvgIpc) is 2.45. The van der Waals surface area contributed by atoms with Gasteiger partial charge in [-0.25, -0.2) is 8.42 Å². The van der Waals surface area contributed by atoms with Crippen LogP contribution in [-0.4, -0.2) is 49.5 Å². The highest BCUT2D eigenvalue weighted by molar-refractivity contribution is 7.89. The second-order valence-electron chi connectivity index (χ2n) is 4.79. The van der Waals surface area contributed by atoms with Crippen molar-refractivity contribution in [1.82, 2.24) is 9.62 Å². The van der Waals surface area contributed by atoms with E-state index in [0.29, 0.717) is 13.1 Å². The van der Waals surface area contributed by atoms with E-state index in [9.17, 15) is 18.3 Å². The predicted molar refractivity (Wildman–Crippen MR) is 85.6 cm³/mol. The van der Waals surface area contributed by atoms with Crippen molar-refractivity contribution in [2.45, 2.75) is 31.8 Å². The summed E-state index contributed by atoms with van der Waals surface area (Å²) < 4.78 is 26.3. The molecule has 1 aromatic carbocycles. The molecule has 1 atom stereocenters. The SMILES string of the molecule is CCN(CC)S(=O)(=O)c1cc(C(=O)NCC(C)O)ccc1Cl. The van der Waals surface area contributed by atoms with Crippen LogP contribution in [-0.2, 0) is 10.0 Å². The first-order valence-electron chi connectivity index (χ1n) is 7.00. The number of nitrogens with zero attached hydrogens (tertiary/aromatic N) is 1. The smallest absolute Gasteiger partial charge is 0.251 e. The molecule has 0 fully saturated rings. The standard InChI is InChI=1S/C14H21ClN2O4S/c1-4-17(5-2)22(20,21)13-8-11(6-7-12(13)15)14(19)16-9-10(3)18/h6-8,10,18H,4-5,9H2,1-3H3,(H,16,19). The van der Waals surface area contributed by atoms with Crippen molar-refractivity contribution in [3.05, 3.63) is 28.8 Å². The fraction of sp³-hybridized carbons (Fsp3) is 0.500. The topological polar surface area (TPSA) is 86.7 Å². The molecule has 8 heteroatoms. The molecule has 1 unspecified atom stereocenters. The van der Waals surface area contributed by atoms with Gasteiger partial charge in [0.1, 0.15) is 4.90 Å². The maximum atomic E-state index is 12.5. The maximum absolute atomic E-state index is 12.5. The van der Waals surface area contributed by atoms with Crippen LogP contribution in [0.3, 0.4) is 0 Å². The minimum absolute atomic E-state index is 0.0685. The summed E-state index contributed by atoms with van der Waals surface area (Å²) in [5, 5.41) is 11.8. The zero-order valence-corrected chi connectivity index (χ0v) is 14.4. The lowest BCUT2D eigenvalue weighted by molar-refractivity contribution is 0.0924. The van der Waals surface area contributed by atoms with E-state index in [0.717, 1.165) is 0 Å². The maximum Gasteiger partial charge on any atom is 0.251 e. The van der Waals surface area contributed by atoms with E-state index in [1.54, 1.807) is 20.8 Å². The third-order valence-corrected chi connectivity index (χ3v) is 5.61. The van der Waals surface area contributed by atoms with Gasteiger partial charge in [0, 0.05) is 25.2 Å². The Balaban J connectivity index is 3.17. The average molecular weight is 349 g/mol. The van der Waals surface area contributed by atoms with E-state index in [4.69, 9.17) is 11.6 Å². The molecular weight excluding hydrogens is 328 g/mol. The lowest BCUT2D eigenvalue weighted by atomic mass is 10.2. The van der Waals surface area contributed by atoms with E-state index in [1.165, 1.54) is 22.5 Å². The minimum atomic E-state index is -3.75. The van der Waals surface area contributed by atoms with Crippen molar-refractivity contribution in [2.75, 3.05) is 19.6 Å². The molecule has 0 aliphatic heterocycles. The highest BCUT2D eigenvalue weighted by Crippen LogP contribution is 2.25. The van der Waals surface area contributed by atoms with Crippen molar-refractivity contribution in [2.24, 2.45) is 0 Å². The molecular formula is C14H21ClN2O4S. The number of carbonyl (C=O) groups excluding carboxylic acids is 1. The van der Waals surface area contributed by atoms with Gasteiger partial charge in [0.05, 0.1) is 11.1 Å². The van der Waals surface area contributed by atoms with Crippen LogP contribution in [0.1, 0.15) is 31.1 Å². The molecule has 0 saturated carbocycles. The molecule has 22 heavy (non-hydrogen) atoms. The Bertz CT molecular complexity index is 628. The number of nitrogens with one attached hydrogen (secondary N) is 1. The van der Waals surface area contributed by atoms with Crippen LogP contribution in [0.2, 0.25) is 5.02 Å². The number of hydrogen-bond donors (Lipinski definition) is 2. The van der Waals surface area contributed by atoms with E-state index in [2.05, 4.69) is 5.32 Å². The third kappa shape index (κ3) is 4.42. The molecule has 0 aliphatic rings. The van der Waals surface area contributed by atoms with Gasteiger partial charge >= 0.3 is 0 Å². The lowest BCUT2D eigenvalue weighted by Gasteiger charge is -2.19. The molecule has 0 radical (unpaired) electrons. The largest absolute Gasteiger partial charge is 0.392 e. The van der Waals surface area contributed by atoms with Crippen LogP contribution < -0.4 is 5.32 Å². The summed E-state index contributed by atoms with van der Waals surface area (Å²) in [5.74, 6) is -0.464. The third-order valence-electron chi connectivity index (χ3n) is 3.07. The molecule has 0 bridgehead atoms. The Hall–Kier alpha value is -1.15. The number of sulfonamides is 1. The van der Waals surface area contributed by atoms with Gasteiger partial charge in [0.25, 0.3) is 5.91 Å². The van der Waals surface area contributed by atoms with Gasteiger partial charge in [0.15, 0.2) is 0 Å². The summed E-state index contributed by atoms with van der Waals surface area (Å²) >= 11 is 5.99. The molecule has 0 aromatic heterocycles. The number of halogens is 1. The Morgan fingerprint density at radius 1 is 1.36 bits per heavy atom. The van der Waals surface area contributed by atoms with Crippen LogP contribution >= 0.6 is 11.6 Å². The highest BCUT2D eigenvalue weighted by Gasteiger charge is 2.25. The molecule has 2 N–H and O–H groups in total. The summed E-state index contributed by atoms with van der Waals surface area (Å²) in [6, 6.07) is 4.09. The molecule has 1 amide bonds. The van der Waals surface area contributed by atoms with Gasteiger partial charge in [-0.05, 0) is 25.1 Å². The highest BCUT2D eigenvalue weighted by atomic mass is 35.5. The summed E-state index contributed by atoms with van der Waals surface area (Å²) in [5.41, 5.74) is 0.177. The first-order valence-corrected chi connectivity index (χ1v) is 8.81. The summed E-state index contributed by atoms with van der Waals surface area (Å²) in [4.78, 5) is 11.9. The molecule has 0 heterocycles. The van der Waals surface area contributed by atoms with Crippen molar-refractivity contribution in [1.29, 1.82) is 0 Å². The zero-order valence-electron chi connectivity index (χ0n) is 12.8. The molecule has 0 aliphatic carbocycles. The second kappa shape index (κ2) is 7.92. The number of carbonyl (C=O) groups is 1. The van der Waals surface area contributed by atoms with Gasteiger partial charge in [-0.3, -0.25) is 4.79 Å². The lowest BCUT2D eigenvalue weighted by Crippen LogP contribution is -2.32. The van der Waals surface area contributed by atoms with Crippen molar-refractivity contribution < 1.29 is 18.3 Å². The Morgan fingerprint density at radius 2 is 1.95 bits per heavy atom. The molecule has 124 valence electrons. The van der Waals surface area contributed by atoms with Gasteiger partial charge in [-0.2, -0.15) is 4.31 Å². The number of hydrogen-bond acceptors (Lipinski definition) is 4. The number of amides is 1. The van der Waals surface area contributed by atoms with Crippen molar-refractivity contribution in [3.63, 3.8) is 0 Å². The van der Waals surface area contributed by atoms with Gasteiger partial charge in [0.2, 0.25) is 10.0 Å². The molecule has 0 saturated heterocycles. The van der Waals surface area contributed by atoms with Gasteiger partial charge in [-0.15, -0.1) is 0 Å². The van der Waals surface area contributed by atoms with E-state index >= 15 is 0 Å². The van der Waals surface area contributed by atoms with Gasteiger partial charge in [-0.1, -0.05) is 25.4 Å². The Kier molecular flexibility index (Phi) is 6.80. The van der Waals surface area contributed by atoms with E-state index in [-0.39, 0.29) is 22.0 Å². The van der Waals surface area contributed by atoms with Crippen molar-refractivity contribution >= 4 is 27.5 Å². The monoisotopic (exact) mass is 348 g/mol. The molecule has 1 aromatic rings. The van der Waals surface area contributed by atoms with E-state index in [1.807, 2.05) is 0 Å². The first kappa shape index (κ1) is 18.9. The molecule has 6 nitrogen and oxygen atoms in total. The summed E-state index contributed by atoms with van der Waals surface area (Å²) in [6.45, 7) is 5.71. The first-order chi connectivity index (χ1) is 10.2. The Labute approximate surface area is 136 Å². The summed E-state index contributed by atoms with van der Waals surface area (Å²) in [6.07, 6.45) is -0.685. The molecule has 1 rings (SSSR count). The number of rotatable bonds is 7. The van der Waals surface area contributed by atoms with Crippen LogP contribution in [0.25, 0.3) is 0 Å². The van der Waals surface area contributed by atoms with Crippen LogP contribution in [0, 0.1) is 0 Å². The number of benzene rings is 1. The van der Waals surface area contributed by atoms with Crippen molar-refractivity contribution in [3.8, 4) is 0 Å². The predicted octanol–water partition coefficient (Wildman–Crippen LogP) is 1.48. The number of aliphatic hydroxyl groups excluding tert-OH is 1. The zero-order chi connectivity index (χ0) is 16.9. The fourth-order valence-corrected chi connectivity index (χ4v) is 3.85. The van der Waals surface area contributed by atoms with Crippen LogP contribution in [0.5, 0.6) is 0 Å². The minimum Gasteiger partial charge on any atom is -0.392 e. The second-order valence-corrected chi connectivity index (χ2v) is 7.11. The van der Waals surface area contributed by atoms with Crippen LogP contribution in [0.4, 0.5) is 0 Å². The summed E-state index contributed by atoms with van der Waals surface area (Å²) in [7, 11) is -3.75. The van der Waals surface area contributed by atoms with E-state index < -0.39 is 22.0 Å². The quantitative estimate of drug-likeness (QED) is 0.781. The number of aliphatic hydroxyl groups is 1. The normalized spacial score (nSPS) is 13.2. The molecule has 0 spiro atoms. The van der Waals surface area contributed by atoms with Gasteiger partial charge < -0.3 is 10.4 Å². The van der Waals surface area contributed by atoms with Crippen LogP contribution in [0.15, 0.2) is 23.1 Å².